The number of nitrogens with one attached hydrogen (secondary N) is 1. The molecule has 0 aliphatic heterocycles. The minimum Gasteiger partial charge on any atom is -0.481 e. The molecule has 88 valence electrons. The van der Waals surface area contributed by atoms with Crippen LogP contribution in [0, 0.1) is 0 Å². The van der Waals surface area contributed by atoms with Gasteiger partial charge in [0.15, 0.2) is 0 Å². The Balaban J connectivity index is 2.50. The lowest BCUT2D eigenvalue weighted by Crippen LogP contribution is -2.22. The molecule has 0 aromatic heterocycles. The van der Waals surface area contributed by atoms with Crippen LogP contribution in [0.5, 0.6) is 0 Å². The molecule has 1 aromatic carbocycles. The number of anilines is 1. The van der Waals surface area contributed by atoms with Gasteiger partial charge in [0.05, 0.1) is 12.5 Å². The fourth-order valence-electron chi connectivity index (χ4n) is 1.29. The first-order valence-electron chi connectivity index (χ1n) is 4.90. The number of hydrogen-bond acceptors (Lipinski definition) is 4. The highest BCUT2D eigenvalue weighted by Gasteiger charge is 2.09. The quantitative estimate of drug-likeness (QED) is 0.661. The zero-order valence-electron chi connectivity index (χ0n) is 9.01. The molecule has 0 fully saturated rings. The molecule has 0 heterocycles. The number of rotatable bonds is 6. The molecule has 0 aliphatic rings. The topological polar surface area (TPSA) is 69.6 Å². The van der Waals surface area contributed by atoms with E-state index >= 15 is 0 Å². The molecule has 3 N–H and O–H groups in total. The maximum Gasteiger partial charge on any atom is 0.306 e. The van der Waals surface area contributed by atoms with Crippen LogP contribution in [-0.2, 0) is 4.79 Å². The molecule has 16 heavy (non-hydrogen) atoms. The number of hydrogen-bond donors (Lipinski definition) is 3. The molecule has 0 saturated heterocycles. The Morgan fingerprint density at radius 3 is 2.81 bits per heavy atom. The van der Waals surface area contributed by atoms with Crippen molar-refractivity contribution in [2.75, 3.05) is 18.1 Å². The van der Waals surface area contributed by atoms with Gasteiger partial charge >= 0.3 is 5.97 Å². The molecule has 5 heteroatoms. The number of carboxylic acid groups (broad SMARTS) is 1. The van der Waals surface area contributed by atoms with Crippen molar-refractivity contribution >= 4 is 23.4 Å². The Morgan fingerprint density at radius 2 is 2.19 bits per heavy atom. The summed E-state index contributed by atoms with van der Waals surface area (Å²) in [5, 5.41) is 20.9. The third-order valence-corrected chi connectivity index (χ3v) is 2.84. The maximum absolute atomic E-state index is 10.4. The van der Waals surface area contributed by atoms with Gasteiger partial charge in [-0.15, -0.1) is 11.8 Å². The lowest BCUT2D eigenvalue weighted by molar-refractivity contribution is -0.138. The van der Waals surface area contributed by atoms with Crippen molar-refractivity contribution in [1.82, 2.24) is 0 Å². The van der Waals surface area contributed by atoms with Gasteiger partial charge in [0.2, 0.25) is 0 Å². The van der Waals surface area contributed by atoms with Gasteiger partial charge in [-0.05, 0) is 18.4 Å². The third kappa shape index (κ3) is 4.12. The van der Waals surface area contributed by atoms with Crippen LogP contribution in [0.3, 0.4) is 0 Å². The number of thioether (sulfide) groups is 1. The molecule has 1 atom stereocenters. The van der Waals surface area contributed by atoms with E-state index in [4.69, 9.17) is 5.11 Å². The summed E-state index contributed by atoms with van der Waals surface area (Å²) < 4.78 is 0. The monoisotopic (exact) mass is 241 g/mol. The minimum atomic E-state index is -0.993. The van der Waals surface area contributed by atoms with Crippen molar-refractivity contribution in [2.24, 2.45) is 0 Å². The fraction of sp³-hybridized carbons (Fsp3) is 0.364. The molecule has 4 nitrogen and oxygen atoms in total. The first kappa shape index (κ1) is 12.9. The van der Waals surface area contributed by atoms with Crippen LogP contribution in [-0.4, -0.2) is 35.1 Å². The molecule has 1 unspecified atom stereocenters. The van der Waals surface area contributed by atoms with Crippen LogP contribution in [0.4, 0.5) is 5.69 Å². The van der Waals surface area contributed by atoms with Gasteiger partial charge in [-0.25, -0.2) is 0 Å². The van der Waals surface area contributed by atoms with Gasteiger partial charge in [-0.2, -0.15) is 0 Å². The van der Waals surface area contributed by atoms with E-state index in [1.165, 1.54) is 0 Å². The lowest BCUT2D eigenvalue weighted by Gasteiger charge is -2.13. The Hall–Kier alpha value is -1.20. The number of para-hydroxylation sites is 1. The van der Waals surface area contributed by atoms with E-state index in [1.807, 2.05) is 30.5 Å². The second-order valence-corrected chi connectivity index (χ2v) is 4.18. The normalized spacial score (nSPS) is 12.1. The SMILES string of the molecule is CSc1ccccc1NCC(O)CC(=O)O. The average molecular weight is 241 g/mol. The largest absolute Gasteiger partial charge is 0.481 e. The van der Waals surface area contributed by atoms with Crippen LogP contribution in [0.1, 0.15) is 6.42 Å². The summed E-state index contributed by atoms with van der Waals surface area (Å²) >= 11 is 1.60. The summed E-state index contributed by atoms with van der Waals surface area (Å²) in [4.78, 5) is 11.4. The number of aliphatic hydroxyl groups excluding tert-OH is 1. The van der Waals surface area contributed by atoms with Crippen LogP contribution in [0.15, 0.2) is 29.2 Å². The van der Waals surface area contributed by atoms with E-state index in [2.05, 4.69) is 5.32 Å². The Labute approximate surface area is 98.7 Å². The lowest BCUT2D eigenvalue weighted by atomic mass is 10.2. The minimum absolute atomic E-state index is 0.240. The molecule has 0 spiro atoms. The highest BCUT2D eigenvalue weighted by molar-refractivity contribution is 7.98. The van der Waals surface area contributed by atoms with Crippen molar-refractivity contribution in [1.29, 1.82) is 0 Å². The summed E-state index contributed by atoms with van der Waals surface area (Å²) in [6.45, 7) is 0.240. The highest BCUT2D eigenvalue weighted by Crippen LogP contribution is 2.24. The average Bonchev–Trinajstić information content (AvgIpc) is 2.26. The van der Waals surface area contributed by atoms with Gasteiger partial charge in [0.25, 0.3) is 0 Å². The number of carbonyl (C=O) groups is 1. The summed E-state index contributed by atoms with van der Waals surface area (Å²) in [5.41, 5.74) is 0.916. The van der Waals surface area contributed by atoms with E-state index in [1.54, 1.807) is 11.8 Å². The highest BCUT2D eigenvalue weighted by atomic mass is 32.2. The molecule has 1 rings (SSSR count). The Bertz CT molecular complexity index is 357. The smallest absolute Gasteiger partial charge is 0.306 e. The predicted octanol–water partition coefficient (Wildman–Crippen LogP) is 1.66. The van der Waals surface area contributed by atoms with Crippen LogP contribution < -0.4 is 5.32 Å². The van der Waals surface area contributed by atoms with Crippen molar-refractivity contribution in [3.63, 3.8) is 0 Å². The number of aliphatic carboxylic acids is 1. The van der Waals surface area contributed by atoms with E-state index < -0.39 is 12.1 Å². The number of aliphatic hydroxyl groups is 1. The van der Waals surface area contributed by atoms with Gasteiger partial charge in [-0.1, -0.05) is 12.1 Å². The van der Waals surface area contributed by atoms with E-state index in [0.29, 0.717) is 0 Å². The van der Waals surface area contributed by atoms with E-state index in [0.717, 1.165) is 10.6 Å². The van der Waals surface area contributed by atoms with Crippen molar-refractivity contribution in [3.05, 3.63) is 24.3 Å². The molecule has 0 aliphatic carbocycles. The number of benzene rings is 1. The first-order chi connectivity index (χ1) is 7.63. The molecule has 0 saturated carbocycles. The summed E-state index contributed by atoms with van der Waals surface area (Å²) in [5.74, 6) is -0.993. The maximum atomic E-state index is 10.4. The van der Waals surface area contributed by atoms with Crippen molar-refractivity contribution in [3.8, 4) is 0 Å². The van der Waals surface area contributed by atoms with Crippen molar-refractivity contribution in [2.45, 2.75) is 17.4 Å². The Morgan fingerprint density at radius 1 is 1.50 bits per heavy atom. The van der Waals surface area contributed by atoms with Crippen LogP contribution in [0.25, 0.3) is 0 Å². The number of carboxylic acids is 1. The zero-order chi connectivity index (χ0) is 12.0. The summed E-state index contributed by atoms with van der Waals surface area (Å²) in [6, 6.07) is 7.70. The van der Waals surface area contributed by atoms with E-state index in [9.17, 15) is 9.90 Å². The first-order valence-corrected chi connectivity index (χ1v) is 6.12. The molecule has 0 radical (unpaired) electrons. The zero-order valence-corrected chi connectivity index (χ0v) is 9.83. The van der Waals surface area contributed by atoms with E-state index in [-0.39, 0.29) is 13.0 Å². The van der Waals surface area contributed by atoms with Crippen molar-refractivity contribution < 1.29 is 15.0 Å². The standard InChI is InChI=1S/C11H15NO3S/c1-16-10-5-3-2-4-9(10)12-7-8(13)6-11(14)15/h2-5,8,12-13H,6-7H2,1H3,(H,14,15). The van der Waals surface area contributed by atoms with Crippen LogP contribution in [0.2, 0.25) is 0 Å². The molecular weight excluding hydrogens is 226 g/mol. The molecule has 0 bridgehead atoms. The second kappa shape index (κ2) is 6.40. The molecular formula is C11H15NO3S. The summed E-state index contributed by atoms with van der Waals surface area (Å²) in [7, 11) is 0. The fourth-order valence-corrected chi connectivity index (χ4v) is 1.87. The van der Waals surface area contributed by atoms with Gasteiger partial charge < -0.3 is 15.5 Å². The van der Waals surface area contributed by atoms with Crippen LogP contribution >= 0.6 is 11.8 Å². The van der Waals surface area contributed by atoms with Gasteiger partial charge in [0.1, 0.15) is 0 Å². The Kier molecular flexibility index (Phi) is 5.14. The molecule has 1 aromatic rings. The molecule has 0 amide bonds. The van der Waals surface area contributed by atoms with Gasteiger partial charge in [0, 0.05) is 17.1 Å². The third-order valence-electron chi connectivity index (χ3n) is 2.05. The van der Waals surface area contributed by atoms with Gasteiger partial charge in [-0.3, -0.25) is 4.79 Å². The second-order valence-electron chi connectivity index (χ2n) is 3.33. The predicted molar refractivity (Wildman–Crippen MR) is 65.0 cm³/mol. The summed E-state index contributed by atoms with van der Waals surface area (Å²) in [6.07, 6.45) is 0.857.